The number of benzene rings is 2. The molecule has 4 rings (SSSR count). The second-order valence-corrected chi connectivity index (χ2v) is 8.83. The number of aliphatic hydroxyl groups is 3. The Balaban J connectivity index is 1.68. The van der Waals surface area contributed by atoms with Crippen LogP contribution in [0.2, 0.25) is 0 Å². The van der Waals surface area contributed by atoms with Crippen LogP contribution < -0.4 is 18.9 Å². The Morgan fingerprint density at radius 1 is 1.00 bits per heavy atom. The zero-order chi connectivity index (χ0) is 27.8. The van der Waals surface area contributed by atoms with Crippen LogP contribution >= 0.6 is 0 Å². The van der Waals surface area contributed by atoms with Crippen molar-refractivity contribution in [3.05, 3.63) is 41.0 Å². The Hall–Kier alpha value is -3.78. The van der Waals surface area contributed by atoms with Crippen molar-refractivity contribution in [2.24, 2.45) is 0 Å². The molecule has 0 aliphatic carbocycles. The minimum Gasteiger partial charge on any atom is -0.502 e. The van der Waals surface area contributed by atoms with E-state index in [1.165, 1.54) is 45.6 Å². The maximum Gasteiger partial charge on any atom is 0.338 e. The number of aromatic hydroxyl groups is 1. The van der Waals surface area contributed by atoms with Crippen molar-refractivity contribution in [2.45, 2.75) is 43.0 Å². The molecule has 2 heterocycles. The van der Waals surface area contributed by atoms with Gasteiger partial charge in [-0.1, -0.05) is 0 Å². The normalized spacial score (nSPS) is 26.9. The number of rotatable bonds is 6. The van der Waals surface area contributed by atoms with Crippen LogP contribution in [0.4, 0.5) is 0 Å². The number of carbonyl (C=O) groups excluding carboxylic acids is 1. The highest BCUT2D eigenvalue weighted by molar-refractivity contribution is 5.93. The largest absolute Gasteiger partial charge is 0.502 e. The predicted octanol–water partition coefficient (Wildman–Crippen LogP) is 0.476. The number of hydrogen-bond donors (Lipinski definition) is 5. The summed E-state index contributed by atoms with van der Waals surface area (Å²) in [6, 6.07) is 5.05. The minimum atomic E-state index is -1.78. The first-order valence-corrected chi connectivity index (χ1v) is 11.5. The number of carboxylic acids is 1. The molecule has 5 N–H and O–H groups in total. The molecule has 206 valence electrons. The number of carboxylic acid groups (broad SMARTS) is 1. The predicted molar refractivity (Wildman–Crippen MR) is 126 cm³/mol. The fourth-order valence-electron chi connectivity index (χ4n) is 4.62. The van der Waals surface area contributed by atoms with E-state index in [0.717, 1.165) is 0 Å². The average Bonchev–Trinajstić information content (AvgIpc) is 2.91. The van der Waals surface area contributed by atoms with Gasteiger partial charge in [0.25, 0.3) is 0 Å². The van der Waals surface area contributed by atoms with E-state index in [1.807, 2.05) is 0 Å². The summed E-state index contributed by atoms with van der Waals surface area (Å²) < 4.78 is 32.8. The second kappa shape index (κ2) is 10.5. The van der Waals surface area contributed by atoms with Gasteiger partial charge in [0.1, 0.15) is 30.5 Å². The quantitative estimate of drug-likeness (QED) is 0.321. The molecule has 1 saturated heterocycles. The van der Waals surface area contributed by atoms with Crippen LogP contribution in [0.25, 0.3) is 0 Å². The van der Waals surface area contributed by atoms with Crippen LogP contribution in [0.5, 0.6) is 28.7 Å². The van der Waals surface area contributed by atoms with E-state index in [9.17, 15) is 35.1 Å². The van der Waals surface area contributed by atoms with Crippen LogP contribution in [-0.2, 0) is 15.9 Å². The van der Waals surface area contributed by atoms with Crippen molar-refractivity contribution in [2.75, 3.05) is 27.9 Å². The van der Waals surface area contributed by atoms with Crippen molar-refractivity contribution in [3.63, 3.8) is 0 Å². The fourth-order valence-corrected chi connectivity index (χ4v) is 4.62. The van der Waals surface area contributed by atoms with Crippen LogP contribution in [0.15, 0.2) is 24.3 Å². The lowest BCUT2D eigenvalue weighted by atomic mass is 9.81. The Morgan fingerprint density at radius 2 is 1.71 bits per heavy atom. The van der Waals surface area contributed by atoms with Gasteiger partial charge in [-0.15, -0.1) is 0 Å². The zero-order valence-electron chi connectivity index (χ0n) is 20.7. The van der Waals surface area contributed by atoms with E-state index in [-0.39, 0.29) is 58.3 Å². The number of esters is 1. The second-order valence-electron chi connectivity index (χ2n) is 8.83. The molecule has 0 amide bonds. The number of aromatic carboxylic acids is 1. The van der Waals surface area contributed by atoms with Crippen LogP contribution in [0, 0.1) is 0 Å². The van der Waals surface area contributed by atoms with Gasteiger partial charge in [0.15, 0.2) is 23.0 Å². The number of ether oxygens (including phenoxy) is 6. The van der Waals surface area contributed by atoms with Crippen molar-refractivity contribution in [1.82, 2.24) is 0 Å². The first kappa shape index (κ1) is 27.3. The van der Waals surface area contributed by atoms with Gasteiger partial charge in [-0.3, -0.25) is 0 Å². The van der Waals surface area contributed by atoms with Gasteiger partial charge >= 0.3 is 11.9 Å². The fraction of sp³-hybridized carbons (Fsp3) is 0.440. The third-order valence-electron chi connectivity index (χ3n) is 6.71. The number of carbonyl (C=O) groups is 2. The molecule has 13 heteroatoms. The van der Waals surface area contributed by atoms with Crippen molar-refractivity contribution < 1.29 is 63.5 Å². The molecule has 1 spiro atoms. The topological polar surface area (TPSA) is 191 Å². The van der Waals surface area contributed by atoms with Crippen LogP contribution in [0.3, 0.4) is 0 Å². The summed E-state index contributed by atoms with van der Waals surface area (Å²) in [5.41, 5.74) is -1.49. The molecular formula is C25H28O13. The lowest BCUT2D eigenvalue weighted by molar-refractivity contribution is -0.320. The standard InChI is InChI=1S/C25H28O13/c1-33-15-8-11(22(30)31)4-5-14(15)37-24-19(28)18(27)21(29)25(38-24)7-6-12-13(23(32)36-10-25)9-16(34-2)17(26)20(12)35-3/h4-5,8-9,18-19,21,24,26-29H,6-7,10H2,1-3H3,(H,30,31)/t18-,19-,21+,24+,25-/m1/s1. The number of cyclic esters (lactones) is 1. The molecule has 0 saturated carbocycles. The molecule has 0 aromatic heterocycles. The highest BCUT2D eigenvalue weighted by atomic mass is 16.7. The Kier molecular flexibility index (Phi) is 7.56. The van der Waals surface area contributed by atoms with Gasteiger partial charge in [0.05, 0.1) is 32.5 Å². The molecule has 5 atom stereocenters. The summed E-state index contributed by atoms with van der Waals surface area (Å²) in [5.74, 6) is -2.39. The molecular weight excluding hydrogens is 508 g/mol. The maximum atomic E-state index is 13.0. The number of hydrogen-bond acceptors (Lipinski definition) is 12. The van der Waals surface area contributed by atoms with E-state index < -0.39 is 48.7 Å². The van der Waals surface area contributed by atoms with E-state index in [2.05, 4.69) is 0 Å². The molecule has 0 bridgehead atoms. The summed E-state index contributed by atoms with van der Waals surface area (Å²) in [6.07, 6.45) is -6.84. The molecule has 0 radical (unpaired) electrons. The number of fused-ring (bicyclic) bond motifs is 1. The average molecular weight is 536 g/mol. The smallest absolute Gasteiger partial charge is 0.338 e. The molecule has 2 aromatic carbocycles. The Morgan fingerprint density at radius 3 is 2.34 bits per heavy atom. The Labute approximate surface area is 216 Å². The lowest BCUT2D eigenvalue weighted by Gasteiger charge is -2.48. The highest BCUT2D eigenvalue weighted by Gasteiger charge is 2.56. The molecule has 13 nitrogen and oxygen atoms in total. The van der Waals surface area contributed by atoms with E-state index in [0.29, 0.717) is 0 Å². The van der Waals surface area contributed by atoms with Gasteiger partial charge < -0.3 is 54.0 Å². The summed E-state index contributed by atoms with van der Waals surface area (Å²) in [5, 5.41) is 52.0. The van der Waals surface area contributed by atoms with Crippen LogP contribution in [0.1, 0.15) is 32.7 Å². The first-order valence-electron chi connectivity index (χ1n) is 11.5. The number of aliphatic hydroxyl groups excluding tert-OH is 3. The van der Waals surface area contributed by atoms with Crippen molar-refractivity contribution >= 4 is 11.9 Å². The lowest BCUT2D eigenvalue weighted by Crippen LogP contribution is -2.67. The Bertz CT molecular complexity index is 1230. The van der Waals surface area contributed by atoms with Crippen LogP contribution in [-0.4, -0.2) is 95.6 Å². The summed E-state index contributed by atoms with van der Waals surface area (Å²) >= 11 is 0. The van der Waals surface area contributed by atoms with Crippen molar-refractivity contribution in [3.8, 4) is 28.7 Å². The summed E-state index contributed by atoms with van der Waals surface area (Å²) in [7, 11) is 3.90. The van der Waals surface area contributed by atoms with E-state index in [4.69, 9.17) is 28.4 Å². The van der Waals surface area contributed by atoms with Crippen molar-refractivity contribution in [1.29, 1.82) is 0 Å². The molecule has 2 aromatic rings. The summed E-state index contributed by atoms with van der Waals surface area (Å²) in [4.78, 5) is 24.3. The third kappa shape index (κ3) is 4.65. The third-order valence-corrected chi connectivity index (χ3v) is 6.71. The minimum absolute atomic E-state index is 0.00309. The molecule has 2 aliphatic rings. The maximum absolute atomic E-state index is 13.0. The molecule has 2 aliphatic heterocycles. The van der Waals surface area contributed by atoms with Gasteiger partial charge in [-0.25, -0.2) is 9.59 Å². The van der Waals surface area contributed by atoms with Gasteiger partial charge in [0, 0.05) is 5.56 Å². The van der Waals surface area contributed by atoms with E-state index in [1.54, 1.807) is 0 Å². The zero-order valence-corrected chi connectivity index (χ0v) is 20.7. The first-order chi connectivity index (χ1) is 18.1. The van der Waals surface area contributed by atoms with Gasteiger partial charge in [-0.2, -0.15) is 0 Å². The number of phenols is 1. The highest BCUT2D eigenvalue weighted by Crippen LogP contribution is 2.45. The summed E-state index contributed by atoms with van der Waals surface area (Å²) in [6.45, 7) is -0.517. The number of methoxy groups -OCH3 is 3. The van der Waals surface area contributed by atoms with E-state index >= 15 is 0 Å². The van der Waals surface area contributed by atoms with Gasteiger partial charge in [0.2, 0.25) is 12.0 Å². The molecule has 1 fully saturated rings. The monoisotopic (exact) mass is 536 g/mol. The van der Waals surface area contributed by atoms with Gasteiger partial charge in [-0.05, 0) is 37.1 Å². The molecule has 38 heavy (non-hydrogen) atoms. The number of phenolic OH excluding ortho intramolecular Hbond substituents is 1. The molecule has 0 unspecified atom stereocenters. The SMILES string of the molecule is COc1cc(C(=O)O)ccc1O[C@H]1O[C@@]2(CCc3c(cc(OC)c(O)c3OC)C(=O)OC2)[C@@H](O)[C@H](O)[C@H]1O.